The van der Waals surface area contributed by atoms with E-state index >= 15 is 0 Å². The van der Waals surface area contributed by atoms with Gasteiger partial charge in [-0.15, -0.1) is 24.0 Å². The van der Waals surface area contributed by atoms with Crippen molar-refractivity contribution in [2.45, 2.75) is 46.7 Å². The average molecular weight is 446 g/mol. The highest BCUT2D eigenvalue weighted by Gasteiger charge is 2.14. The Balaban J connectivity index is 0.00000288. The van der Waals surface area contributed by atoms with Gasteiger partial charge in [-0.05, 0) is 39.7 Å². The van der Waals surface area contributed by atoms with Crippen LogP contribution >= 0.6 is 24.0 Å². The van der Waals surface area contributed by atoms with Gasteiger partial charge in [-0.3, -0.25) is 4.68 Å². The number of hydrogen-bond donors (Lipinski definition) is 2. The fourth-order valence-electron chi connectivity index (χ4n) is 2.50. The second kappa shape index (κ2) is 9.65. The minimum atomic E-state index is 0. The zero-order valence-electron chi connectivity index (χ0n) is 15.0. The molecule has 8 heteroatoms. The van der Waals surface area contributed by atoms with E-state index in [9.17, 15) is 0 Å². The van der Waals surface area contributed by atoms with Crippen molar-refractivity contribution in [2.24, 2.45) is 12.0 Å². The average Bonchev–Trinajstić information content (AvgIpc) is 3.10. The normalized spacial score (nSPS) is 12.6. The van der Waals surface area contributed by atoms with Crippen LogP contribution in [-0.2, 0) is 20.0 Å². The fourth-order valence-corrected chi connectivity index (χ4v) is 2.50. The molecule has 0 saturated carbocycles. The maximum atomic E-state index is 4.83. The zero-order chi connectivity index (χ0) is 16.8. The Morgan fingerprint density at radius 3 is 2.71 bits per heavy atom. The molecule has 2 N–H and O–H groups in total. The van der Waals surface area contributed by atoms with Gasteiger partial charge in [0.05, 0.1) is 12.2 Å². The van der Waals surface area contributed by atoms with Crippen molar-refractivity contribution in [2.75, 3.05) is 6.54 Å². The molecule has 0 saturated heterocycles. The van der Waals surface area contributed by atoms with E-state index in [1.54, 1.807) is 6.26 Å². The van der Waals surface area contributed by atoms with Crippen LogP contribution in [0.3, 0.4) is 0 Å². The summed E-state index contributed by atoms with van der Waals surface area (Å²) in [5.74, 6) is 0.780. The highest BCUT2D eigenvalue weighted by atomic mass is 127. The van der Waals surface area contributed by atoms with Crippen LogP contribution in [0.15, 0.2) is 21.8 Å². The third kappa shape index (κ3) is 5.50. The first kappa shape index (κ1) is 20.5. The number of hydrogen-bond acceptors (Lipinski definition) is 4. The summed E-state index contributed by atoms with van der Waals surface area (Å²) in [4.78, 5) is 4.54. The summed E-state index contributed by atoms with van der Waals surface area (Å²) in [6.07, 6.45) is 2.46. The monoisotopic (exact) mass is 446 g/mol. The molecular formula is C16H27IN6O. The van der Waals surface area contributed by atoms with E-state index in [0.717, 1.165) is 30.3 Å². The van der Waals surface area contributed by atoms with Crippen LogP contribution in [0.1, 0.15) is 36.5 Å². The number of aliphatic imine (C=N–C) groups is 1. The lowest BCUT2D eigenvalue weighted by Gasteiger charge is -2.18. The van der Waals surface area contributed by atoms with E-state index in [2.05, 4.69) is 46.7 Å². The molecule has 0 aliphatic heterocycles. The van der Waals surface area contributed by atoms with E-state index in [4.69, 9.17) is 4.52 Å². The van der Waals surface area contributed by atoms with E-state index < -0.39 is 0 Å². The molecule has 2 rings (SSSR count). The van der Waals surface area contributed by atoms with Crippen molar-refractivity contribution in [3.63, 3.8) is 0 Å². The molecule has 1 atom stereocenters. The number of nitrogens with zero attached hydrogens (tertiary/aromatic N) is 4. The van der Waals surface area contributed by atoms with E-state index in [0.29, 0.717) is 6.54 Å². The van der Waals surface area contributed by atoms with Crippen molar-refractivity contribution >= 4 is 29.9 Å². The molecule has 1 unspecified atom stereocenters. The molecule has 0 spiro atoms. The Bertz CT molecular complexity index is 650. The molecule has 0 fully saturated rings. The third-order valence-corrected chi connectivity index (χ3v) is 3.79. The lowest BCUT2D eigenvalue weighted by molar-refractivity contribution is 0.412. The maximum Gasteiger partial charge on any atom is 0.191 e. The highest BCUT2D eigenvalue weighted by molar-refractivity contribution is 14.0. The predicted octanol–water partition coefficient (Wildman–Crippen LogP) is 2.33. The van der Waals surface area contributed by atoms with Crippen LogP contribution in [0.4, 0.5) is 0 Å². The molecule has 24 heavy (non-hydrogen) atoms. The lowest BCUT2D eigenvalue weighted by Crippen LogP contribution is -2.43. The van der Waals surface area contributed by atoms with Crippen molar-refractivity contribution in [1.29, 1.82) is 0 Å². The fraction of sp³-hybridized carbons (Fsp3) is 0.562. The van der Waals surface area contributed by atoms with Crippen LogP contribution < -0.4 is 10.6 Å². The van der Waals surface area contributed by atoms with Crippen LogP contribution in [0.2, 0.25) is 0 Å². The number of aromatic nitrogens is 3. The molecule has 0 radical (unpaired) electrons. The highest BCUT2D eigenvalue weighted by Crippen LogP contribution is 2.14. The predicted molar refractivity (Wildman–Crippen MR) is 106 cm³/mol. The van der Waals surface area contributed by atoms with E-state index in [1.807, 2.05) is 24.7 Å². The molecule has 2 aromatic rings. The van der Waals surface area contributed by atoms with Crippen molar-refractivity contribution in [3.8, 4) is 0 Å². The van der Waals surface area contributed by atoms with Gasteiger partial charge in [-0.25, -0.2) is 4.99 Å². The van der Waals surface area contributed by atoms with Gasteiger partial charge in [0.1, 0.15) is 12.0 Å². The first-order chi connectivity index (χ1) is 11.0. The van der Waals surface area contributed by atoms with Crippen molar-refractivity contribution in [3.05, 3.63) is 35.0 Å². The molecule has 0 aliphatic carbocycles. The molecule has 0 amide bonds. The molecular weight excluding hydrogens is 419 g/mol. The summed E-state index contributed by atoms with van der Waals surface area (Å²) in [5.41, 5.74) is 4.40. The number of aryl methyl sites for hydroxylation is 2. The lowest BCUT2D eigenvalue weighted by atomic mass is 10.1. The maximum absolute atomic E-state index is 4.83. The minimum absolute atomic E-state index is 0. The second-order valence-corrected chi connectivity index (χ2v) is 5.71. The van der Waals surface area contributed by atoms with Gasteiger partial charge in [-0.2, -0.15) is 5.10 Å². The molecule has 0 bridgehead atoms. The van der Waals surface area contributed by atoms with Crippen LogP contribution in [0.5, 0.6) is 0 Å². The summed E-state index contributed by atoms with van der Waals surface area (Å²) in [6.45, 7) is 9.65. The summed E-state index contributed by atoms with van der Waals surface area (Å²) >= 11 is 0. The molecule has 134 valence electrons. The Morgan fingerprint density at radius 1 is 1.42 bits per heavy atom. The number of rotatable bonds is 6. The molecule has 0 aliphatic rings. The second-order valence-electron chi connectivity index (χ2n) is 5.71. The summed E-state index contributed by atoms with van der Waals surface area (Å²) in [5, 5.41) is 15.0. The Kier molecular flexibility index (Phi) is 8.23. The summed E-state index contributed by atoms with van der Waals surface area (Å²) in [6, 6.07) is 2.06. The van der Waals surface area contributed by atoms with E-state index in [1.165, 1.54) is 11.3 Å². The summed E-state index contributed by atoms with van der Waals surface area (Å²) in [7, 11) is 1.98. The van der Waals surface area contributed by atoms with Crippen LogP contribution in [0.25, 0.3) is 0 Å². The third-order valence-electron chi connectivity index (χ3n) is 3.79. The smallest absolute Gasteiger partial charge is 0.191 e. The minimum Gasteiger partial charge on any atom is -0.364 e. The van der Waals surface area contributed by atoms with Gasteiger partial charge in [0.25, 0.3) is 0 Å². The van der Waals surface area contributed by atoms with Crippen LogP contribution in [-0.4, -0.2) is 33.5 Å². The molecule has 7 nitrogen and oxygen atoms in total. The standard InChI is InChI=1S/C16H26N6O.HI/c1-6-17-16(18-10-14-7-8-23-21-14)19-11(2)9-15-12(3)20-22(5)13(15)4;/h7-8,11H,6,9-10H2,1-5H3,(H2,17,18,19);1H. The van der Waals surface area contributed by atoms with Gasteiger partial charge < -0.3 is 15.2 Å². The first-order valence-electron chi connectivity index (χ1n) is 7.94. The van der Waals surface area contributed by atoms with Crippen molar-refractivity contribution < 1.29 is 4.52 Å². The van der Waals surface area contributed by atoms with Gasteiger partial charge in [-0.1, -0.05) is 5.16 Å². The Morgan fingerprint density at radius 2 is 2.17 bits per heavy atom. The van der Waals surface area contributed by atoms with Gasteiger partial charge >= 0.3 is 0 Å². The van der Waals surface area contributed by atoms with Gasteiger partial charge in [0.15, 0.2) is 5.96 Å². The summed E-state index contributed by atoms with van der Waals surface area (Å²) < 4.78 is 6.76. The van der Waals surface area contributed by atoms with Crippen LogP contribution in [0, 0.1) is 13.8 Å². The topological polar surface area (TPSA) is 80.3 Å². The molecule has 0 aromatic carbocycles. The Hall–Kier alpha value is -1.58. The molecule has 2 heterocycles. The first-order valence-corrected chi connectivity index (χ1v) is 7.94. The van der Waals surface area contributed by atoms with E-state index in [-0.39, 0.29) is 30.0 Å². The number of nitrogens with one attached hydrogen (secondary N) is 2. The van der Waals surface area contributed by atoms with Gasteiger partial charge in [0, 0.05) is 31.4 Å². The van der Waals surface area contributed by atoms with Crippen molar-refractivity contribution in [1.82, 2.24) is 25.6 Å². The Labute approximate surface area is 160 Å². The van der Waals surface area contributed by atoms with Gasteiger partial charge in [0.2, 0.25) is 0 Å². The number of guanidine groups is 1. The largest absolute Gasteiger partial charge is 0.364 e. The molecule has 2 aromatic heterocycles. The quantitative estimate of drug-likeness (QED) is 0.405. The number of halogens is 1. The SMILES string of the molecule is CCNC(=NCc1ccon1)NC(C)Cc1c(C)nn(C)c1C.I. The zero-order valence-corrected chi connectivity index (χ0v) is 17.3.